The van der Waals surface area contributed by atoms with Crippen LogP contribution < -0.4 is 16.1 Å². The number of nitrogens with one attached hydrogen (secondary N) is 1. The number of ether oxygens (including phenoxy) is 1. The number of aromatic nitrogens is 2. The predicted octanol–water partition coefficient (Wildman–Crippen LogP) is 0.823. The fourth-order valence-electron chi connectivity index (χ4n) is 4.27. The minimum absolute atomic E-state index is 0.0666. The van der Waals surface area contributed by atoms with Crippen LogP contribution in [0.5, 0.6) is 0 Å². The Balaban J connectivity index is 1.34. The molecule has 2 aliphatic rings. The zero-order valence-electron chi connectivity index (χ0n) is 16.5. The first-order chi connectivity index (χ1) is 14.0. The van der Waals surface area contributed by atoms with Crippen molar-refractivity contribution in [3.05, 3.63) is 63.4 Å². The maximum absolute atomic E-state index is 12.6. The van der Waals surface area contributed by atoms with Gasteiger partial charge in [-0.3, -0.25) is 19.1 Å². The first-order valence-electron chi connectivity index (χ1n) is 9.95. The van der Waals surface area contributed by atoms with Crippen LogP contribution in [0.15, 0.2) is 52.2 Å². The van der Waals surface area contributed by atoms with E-state index in [0.29, 0.717) is 25.7 Å². The van der Waals surface area contributed by atoms with Crippen LogP contribution in [0.25, 0.3) is 0 Å². The van der Waals surface area contributed by atoms with Gasteiger partial charge in [0.25, 0.3) is 5.56 Å². The normalized spacial score (nSPS) is 20.7. The number of hydrogen-bond donors (Lipinski definition) is 1. The Hall–Kier alpha value is -2.87. The average molecular weight is 398 g/mol. The van der Waals surface area contributed by atoms with Gasteiger partial charge in [0.1, 0.15) is 6.54 Å². The summed E-state index contributed by atoms with van der Waals surface area (Å²) in [6, 6.07) is 11.9. The zero-order valence-corrected chi connectivity index (χ0v) is 16.5. The van der Waals surface area contributed by atoms with Crippen molar-refractivity contribution in [1.82, 2.24) is 14.5 Å². The molecule has 2 fully saturated rings. The number of benzene rings is 1. The number of hydrogen-bond acceptors (Lipinski definition) is 5. The molecular weight excluding hydrogens is 372 g/mol. The van der Waals surface area contributed by atoms with Crippen molar-refractivity contribution in [3.63, 3.8) is 0 Å². The smallest absolute Gasteiger partial charge is 0.328 e. The van der Waals surface area contributed by atoms with Crippen LogP contribution in [0, 0.1) is 0 Å². The second kappa shape index (κ2) is 7.87. The summed E-state index contributed by atoms with van der Waals surface area (Å²) in [6.07, 6.45) is 3.88. The second-order valence-corrected chi connectivity index (χ2v) is 7.92. The van der Waals surface area contributed by atoms with E-state index >= 15 is 0 Å². The molecule has 2 saturated heterocycles. The highest BCUT2D eigenvalue weighted by atomic mass is 16.5. The van der Waals surface area contributed by atoms with E-state index in [1.54, 1.807) is 4.90 Å². The third-order valence-electron chi connectivity index (χ3n) is 6.13. The van der Waals surface area contributed by atoms with Gasteiger partial charge in [0, 0.05) is 38.1 Å². The van der Waals surface area contributed by atoms with Crippen LogP contribution >= 0.6 is 0 Å². The largest absolute Gasteiger partial charge is 0.373 e. The standard InChI is InChI=1S/C21H26N4O4/c1-23(16-5-3-2-4-6-16)17-13-21(29-15-17)8-11-24(12-9-21)19(27)14-25-10-7-18(26)22-20(25)28/h2-7,10,17H,8-9,11-15H2,1H3,(H,22,26,28). The van der Waals surface area contributed by atoms with E-state index in [0.717, 1.165) is 19.3 Å². The number of amides is 1. The molecular formula is C21H26N4O4. The van der Waals surface area contributed by atoms with Crippen molar-refractivity contribution < 1.29 is 9.53 Å². The minimum atomic E-state index is -0.565. The van der Waals surface area contributed by atoms with Crippen molar-refractivity contribution in [2.24, 2.45) is 0 Å². The lowest BCUT2D eigenvalue weighted by Gasteiger charge is -2.39. The molecule has 1 aromatic carbocycles. The van der Waals surface area contributed by atoms with Crippen molar-refractivity contribution in [2.45, 2.75) is 37.5 Å². The summed E-state index contributed by atoms with van der Waals surface area (Å²) < 4.78 is 7.47. The third kappa shape index (κ3) is 4.12. The van der Waals surface area contributed by atoms with E-state index in [4.69, 9.17) is 4.74 Å². The van der Waals surface area contributed by atoms with Crippen molar-refractivity contribution in [3.8, 4) is 0 Å². The van der Waals surface area contributed by atoms with Gasteiger partial charge in [-0.25, -0.2) is 4.79 Å². The van der Waals surface area contributed by atoms with Crippen LogP contribution in [-0.4, -0.2) is 58.7 Å². The molecule has 2 aromatic rings. The number of aromatic amines is 1. The van der Waals surface area contributed by atoms with Gasteiger partial charge in [0.2, 0.25) is 5.91 Å². The first kappa shape index (κ1) is 19.4. The molecule has 29 heavy (non-hydrogen) atoms. The summed E-state index contributed by atoms with van der Waals surface area (Å²) in [4.78, 5) is 41.8. The zero-order chi connectivity index (χ0) is 20.4. The van der Waals surface area contributed by atoms with E-state index in [1.165, 1.54) is 22.5 Å². The quantitative estimate of drug-likeness (QED) is 0.824. The lowest BCUT2D eigenvalue weighted by Crippen LogP contribution is -2.48. The maximum Gasteiger partial charge on any atom is 0.328 e. The fraction of sp³-hybridized carbons (Fsp3) is 0.476. The van der Waals surface area contributed by atoms with Crippen LogP contribution in [0.3, 0.4) is 0 Å². The number of rotatable bonds is 4. The van der Waals surface area contributed by atoms with E-state index in [2.05, 4.69) is 29.1 Å². The summed E-state index contributed by atoms with van der Waals surface area (Å²) in [6.45, 7) is 1.84. The van der Waals surface area contributed by atoms with Gasteiger partial charge in [-0.15, -0.1) is 0 Å². The molecule has 1 aromatic heterocycles. The number of piperidine rings is 1. The van der Waals surface area contributed by atoms with Gasteiger partial charge in [0.05, 0.1) is 18.2 Å². The monoisotopic (exact) mass is 398 g/mol. The summed E-state index contributed by atoms with van der Waals surface area (Å²) in [7, 11) is 2.10. The van der Waals surface area contributed by atoms with Crippen molar-refractivity contribution >= 4 is 11.6 Å². The Morgan fingerprint density at radius 2 is 1.93 bits per heavy atom. The molecule has 0 bridgehead atoms. The molecule has 4 rings (SSSR count). The highest BCUT2D eigenvalue weighted by Gasteiger charge is 2.44. The number of likely N-dealkylation sites (N-methyl/N-ethyl adjacent to an activating group) is 1. The molecule has 1 atom stereocenters. The number of carbonyl (C=O) groups excluding carboxylic acids is 1. The number of H-pyrrole nitrogens is 1. The van der Waals surface area contributed by atoms with E-state index in [1.807, 2.05) is 18.2 Å². The molecule has 8 nitrogen and oxygen atoms in total. The van der Waals surface area contributed by atoms with Crippen molar-refractivity contribution in [1.29, 1.82) is 0 Å². The van der Waals surface area contributed by atoms with Crippen molar-refractivity contribution in [2.75, 3.05) is 31.6 Å². The van der Waals surface area contributed by atoms with Gasteiger partial charge < -0.3 is 14.5 Å². The van der Waals surface area contributed by atoms with Gasteiger partial charge >= 0.3 is 5.69 Å². The molecule has 0 radical (unpaired) electrons. The Bertz CT molecular complexity index is 976. The number of anilines is 1. The van der Waals surface area contributed by atoms with Crippen LogP contribution in [0.4, 0.5) is 5.69 Å². The first-order valence-corrected chi connectivity index (χ1v) is 9.95. The fourth-order valence-corrected chi connectivity index (χ4v) is 4.27. The number of para-hydroxylation sites is 1. The highest BCUT2D eigenvalue weighted by Crippen LogP contribution is 2.38. The summed E-state index contributed by atoms with van der Waals surface area (Å²) in [5.41, 5.74) is -0.0337. The number of likely N-dealkylation sites (tertiary alicyclic amines) is 1. The lowest BCUT2D eigenvalue weighted by atomic mass is 9.87. The van der Waals surface area contributed by atoms with Gasteiger partial charge in [-0.2, -0.15) is 0 Å². The molecule has 1 unspecified atom stereocenters. The summed E-state index contributed by atoms with van der Waals surface area (Å²) >= 11 is 0. The molecule has 3 heterocycles. The third-order valence-corrected chi connectivity index (χ3v) is 6.13. The number of nitrogens with zero attached hydrogens (tertiary/aromatic N) is 3. The molecule has 154 valence electrons. The average Bonchev–Trinajstić information content (AvgIpc) is 3.14. The predicted molar refractivity (Wildman–Crippen MR) is 109 cm³/mol. The van der Waals surface area contributed by atoms with E-state index in [9.17, 15) is 14.4 Å². The SMILES string of the molecule is CN(c1ccccc1)C1COC2(CCN(C(=O)Cn3ccc(=O)[nH]c3=O)CC2)C1. The number of carbonyl (C=O) groups is 1. The Morgan fingerprint density at radius 1 is 1.21 bits per heavy atom. The molecule has 1 amide bonds. The van der Waals surface area contributed by atoms with Gasteiger partial charge in [-0.05, 0) is 31.4 Å². The lowest BCUT2D eigenvalue weighted by molar-refractivity contribution is -0.136. The molecule has 2 aliphatic heterocycles. The molecule has 8 heteroatoms. The highest BCUT2D eigenvalue weighted by molar-refractivity contribution is 5.76. The van der Waals surface area contributed by atoms with Crippen LogP contribution in [0.2, 0.25) is 0 Å². The van der Waals surface area contributed by atoms with Crippen LogP contribution in [0.1, 0.15) is 19.3 Å². The van der Waals surface area contributed by atoms with E-state index < -0.39 is 11.2 Å². The van der Waals surface area contributed by atoms with Crippen LogP contribution in [-0.2, 0) is 16.1 Å². The maximum atomic E-state index is 12.6. The molecule has 0 saturated carbocycles. The Labute approximate surface area is 168 Å². The summed E-state index contributed by atoms with van der Waals surface area (Å²) in [5.74, 6) is -0.120. The second-order valence-electron chi connectivity index (χ2n) is 7.92. The minimum Gasteiger partial charge on any atom is -0.373 e. The van der Waals surface area contributed by atoms with Gasteiger partial charge in [-0.1, -0.05) is 18.2 Å². The van der Waals surface area contributed by atoms with E-state index in [-0.39, 0.29) is 18.1 Å². The topological polar surface area (TPSA) is 87.6 Å². The molecule has 1 spiro atoms. The Morgan fingerprint density at radius 3 is 2.62 bits per heavy atom. The Kier molecular flexibility index (Phi) is 5.27. The summed E-state index contributed by atoms with van der Waals surface area (Å²) in [5, 5.41) is 0. The van der Waals surface area contributed by atoms with Gasteiger partial charge in [0.15, 0.2) is 0 Å². The molecule has 0 aliphatic carbocycles. The molecule has 1 N–H and O–H groups in total.